The number of hydrogen-bond donors (Lipinski definition) is 3. The Morgan fingerprint density at radius 1 is 1.39 bits per heavy atom. The molecule has 1 saturated heterocycles. The highest BCUT2D eigenvalue weighted by Crippen LogP contribution is 2.35. The van der Waals surface area contributed by atoms with Gasteiger partial charge in [-0.05, 0) is 25.1 Å². The number of ether oxygens (including phenoxy) is 3. The molecule has 2 aliphatic rings. The molecule has 0 spiro atoms. The van der Waals surface area contributed by atoms with Gasteiger partial charge in [-0.1, -0.05) is 29.9 Å². The van der Waals surface area contributed by atoms with Gasteiger partial charge in [0.2, 0.25) is 0 Å². The quantitative estimate of drug-likeness (QED) is 0.388. The molecule has 3 heterocycles. The second-order valence-electron chi connectivity index (χ2n) is 8.48. The number of para-hydroxylation sites is 1. The number of halogens is 3. The maximum Gasteiger partial charge on any atom is 0.387 e. The number of anilines is 1. The van der Waals surface area contributed by atoms with Crippen LogP contribution in [0.1, 0.15) is 25.3 Å². The number of carbonyl (C=O) groups excluding carboxylic acids is 1. The van der Waals surface area contributed by atoms with E-state index in [1.165, 1.54) is 12.1 Å². The van der Waals surface area contributed by atoms with Crippen molar-refractivity contribution in [1.29, 1.82) is 0 Å². The van der Waals surface area contributed by atoms with Crippen LogP contribution < -0.4 is 25.4 Å². The fourth-order valence-electron chi connectivity index (χ4n) is 3.75. The third-order valence-corrected chi connectivity index (χ3v) is 6.42. The van der Waals surface area contributed by atoms with Crippen LogP contribution in [-0.4, -0.2) is 47.9 Å². The molecule has 0 saturated carbocycles. The standard InChI is InChI=1S/C24H25ClF2N4O4S/c1-24(7-10-34-24)13-33-18-12-28-8-5-14(18)11-30-16-6-9-29-21(32)19(16)22(36)31-17-4-2-3-15(25)20(17)35-23(26)27/h2-5,8,12,23,30H,6-7,9-11,13H2,1H3,(H,29,32)(H,31,36). The van der Waals surface area contributed by atoms with Crippen LogP contribution in [0.2, 0.25) is 5.02 Å². The van der Waals surface area contributed by atoms with Gasteiger partial charge in [0.25, 0.3) is 5.91 Å². The third-order valence-electron chi connectivity index (χ3n) is 5.82. The highest BCUT2D eigenvalue weighted by Gasteiger charge is 2.34. The summed E-state index contributed by atoms with van der Waals surface area (Å²) in [5.74, 6) is -0.0380. The zero-order chi connectivity index (χ0) is 25.7. The Bertz CT molecular complexity index is 1180. The van der Waals surface area contributed by atoms with Crippen molar-refractivity contribution in [2.75, 3.05) is 25.1 Å². The summed E-state index contributed by atoms with van der Waals surface area (Å²) in [6.45, 7) is 0.802. The summed E-state index contributed by atoms with van der Waals surface area (Å²) in [4.78, 5) is 16.9. The average molecular weight is 539 g/mol. The molecule has 1 unspecified atom stereocenters. The summed E-state index contributed by atoms with van der Waals surface area (Å²) in [6.07, 6.45) is 4.71. The number of nitrogens with zero attached hydrogens (tertiary/aromatic N) is 1. The van der Waals surface area contributed by atoms with Crippen LogP contribution in [0.15, 0.2) is 47.9 Å². The minimum absolute atomic E-state index is 0.0186. The molecule has 1 amide bonds. The second-order valence-corrected chi connectivity index (χ2v) is 9.30. The number of benzene rings is 1. The molecule has 4 rings (SSSR count). The van der Waals surface area contributed by atoms with Gasteiger partial charge in [-0.15, -0.1) is 0 Å². The Hall–Kier alpha value is -3.02. The van der Waals surface area contributed by atoms with E-state index in [2.05, 4.69) is 25.7 Å². The van der Waals surface area contributed by atoms with Crippen LogP contribution in [0.5, 0.6) is 11.5 Å². The van der Waals surface area contributed by atoms with Gasteiger partial charge in [0.1, 0.15) is 22.9 Å². The molecule has 1 atom stereocenters. The van der Waals surface area contributed by atoms with Gasteiger partial charge in [-0.2, -0.15) is 8.78 Å². The molecule has 0 radical (unpaired) electrons. The van der Waals surface area contributed by atoms with Gasteiger partial charge in [0.05, 0.1) is 29.1 Å². The second kappa shape index (κ2) is 11.4. The number of carbonyl (C=O) groups is 1. The number of thiocarbonyl (C=S) groups is 1. The first-order chi connectivity index (χ1) is 17.3. The van der Waals surface area contributed by atoms with Gasteiger partial charge in [-0.3, -0.25) is 9.78 Å². The Balaban J connectivity index is 1.51. The van der Waals surface area contributed by atoms with Crippen molar-refractivity contribution < 1.29 is 27.8 Å². The molecule has 1 aromatic heterocycles. The van der Waals surface area contributed by atoms with Crippen molar-refractivity contribution >= 4 is 40.4 Å². The molecule has 0 bridgehead atoms. The molecule has 12 heteroatoms. The molecule has 192 valence electrons. The van der Waals surface area contributed by atoms with Crippen LogP contribution in [0, 0.1) is 0 Å². The molecule has 2 aliphatic heterocycles. The van der Waals surface area contributed by atoms with Gasteiger partial charge in [0, 0.05) is 43.4 Å². The van der Waals surface area contributed by atoms with E-state index in [9.17, 15) is 13.6 Å². The van der Waals surface area contributed by atoms with Gasteiger partial charge in [-0.25, -0.2) is 0 Å². The van der Waals surface area contributed by atoms with Crippen molar-refractivity contribution in [3.05, 3.63) is 58.5 Å². The van der Waals surface area contributed by atoms with Gasteiger partial charge in [0.15, 0.2) is 5.75 Å². The molecule has 1 fully saturated rings. The maximum absolute atomic E-state index is 12.9. The molecule has 1 aromatic carbocycles. The fraction of sp³-hybridized carbons (Fsp3) is 0.375. The lowest BCUT2D eigenvalue weighted by Gasteiger charge is -2.38. The maximum atomic E-state index is 12.9. The van der Waals surface area contributed by atoms with Crippen LogP contribution >= 0.6 is 23.8 Å². The summed E-state index contributed by atoms with van der Waals surface area (Å²) in [6, 6.07) is 6.28. The molecule has 8 nitrogen and oxygen atoms in total. The summed E-state index contributed by atoms with van der Waals surface area (Å²) in [7, 11) is 0. The lowest BCUT2D eigenvalue weighted by molar-refractivity contribution is -0.152. The van der Waals surface area contributed by atoms with E-state index in [1.807, 2.05) is 13.0 Å². The number of aromatic nitrogens is 1. The van der Waals surface area contributed by atoms with Crippen molar-refractivity contribution in [3.63, 3.8) is 0 Å². The molecule has 2 aromatic rings. The van der Waals surface area contributed by atoms with Crippen LogP contribution in [0.3, 0.4) is 0 Å². The number of pyridine rings is 1. The van der Waals surface area contributed by atoms with E-state index < -0.39 is 6.61 Å². The minimum Gasteiger partial charge on any atom is -0.489 e. The zero-order valence-corrected chi connectivity index (χ0v) is 21.0. The number of nitrogens with one attached hydrogen (secondary N) is 3. The SMILES string of the molecule is CC1(COc2cnccc2CNC2=C(C(=S)Nc3cccc(Cl)c3OC(F)F)C(=O)NCC2)CCO1. The third kappa shape index (κ3) is 6.21. The van der Waals surface area contributed by atoms with E-state index in [-0.39, 0.29) is 38.5 Å². The minimum atomic E-state index is -3.08. The zero-order valence-electron chi connectivity index (χ0n) is 19.4. The highest BCUT2D eigenvalue weighted by molar-refractivity contribution is 7.81. The largest absolute Gasteiger partial charge is 0.489 e. The predicted octanol–water partition coefficient (Wildman–Crippen LogP) is 4.20. The summed E-state index contributed by atoms with van der Waals surface area (Å²) >= 11 is 11.5. The van der Waals surface area contributed by atoms with Crippen molar-refractivity contribution in [2.45, 2.75) is 38.5 Å². The summed E-state index contributed by atoms with van der Waals surface area (Å²) < 4.78 is 41.9. The summed E-state index contributed by atoms with van der Waals surface area (Å²) in [5, 5.41) is 8.85. The van der Waals surface area contributed by atoms with Crippen molar-refractivity contribution in [2.24, 2.45) is 0 Å². The monoisotopic (exact) mass is 538 g/mol. The van der Waals surface area contributed by atoms with Gasteiger partial charge < -0.3 is 30.2 Å². The van der Waals surface area contributed by atoms with Crippen LogP contribution in [0.4, 0.5) is 14.5 Å². The van der Waals surface area contributed by atoms with Crippen LogP contribution in [0.25, 0.3) is 0 Å². The number of rotatable bonds is 10. The molecule has 0 aliphatic carbocycles. The lowest BCUT2D eigenvalue weighted by atomic mass is 9.99. The Labute approximate surface area is 217 Å². The first-order valence-electron chi connectivity index (χ1n) is 11.3. The summed E-state index contributed by atoms with van der Waals surface area (Å²) in [5.41, 5.74) is 1.46. The van der Waals surface area contributed by atoms with E-state index in [1.54, 1.807) is 18.5 Å². The Morgan fingerprint density at radius 2 is 2.19 bits per heavy atom. The molecular formula is C24H25ClF2N4O4S. The first kappa shape index (κ1) is 26.1. The smallest absolute Gasteiger partial charge is 0.387 e. The average Bonchev–Trinajstić information content (AvgIpc) is 2.82. The van der Waals surface area contributed by atoms with Crippen molar-refractivity contribution in [1.82, 2.24) is 15.6 Å². The first-order valence-corrected chi connectivity index (χ1v) is 12.0. The number of hydrogen-bond acceptors (Lipinski definition) is 7. The Morgan fingerprint density at radius 3 is 2.92 bits per heavy atom. The highest BCUT2D eigenvalue weighted by atomic mass is 35.5. The van der Waals surface area contributed by atoms with Crippen molar-refractivity contribution in [3.8, 4) is 11.5 Å². The van der Waals surface area contributed by atoms with E-state index in [0.717, 1.165) is 18.6 Å². The number of alkyl halides is 2. The van der Waals surface area contributed by atoms with E-state index >= 15 is 0 Å². The van der Waals surface area contributed by atoms with E-state index in [0.29, 0.717) is 37.6 Å². The molecular weight excluding hydrogens is 514 g/mol. The number of amides is 1. The van der Waals surface area contributed by atoms with Gasteiger partial charge >= 0.3 is 6.61 Å². The topological polar surface area (TPSA) is 93.7 Å². The fourth-order valence-corrected chi connectivity index (χ4v) is 4.30. The molecule has 3 N–H and O–H groups in total. The van der Waals surface area contributed by atoms with Crippen LogP contribution in [-0.2, 0) is 16.1 Å². The Kier molecular flexibility index (Phi) is 8.22. The predicted molar refractivity (Wildman–Crippen MR) is 135 cm³/mol. The molecule has 36 heavy (non-hydrogen) atoms. The lowest BCUT2D eigenvalue weighted by Crippen LogP contribution is -2.45. The normalized spacial score (nSPS) is 19.4. The van der Waals surface area contributed by atoms with E-state index in [4.69, 9.17) is 33.3 Å².